The first-order valence-corrected chi connectivity index (χ1v) is 7.07. The topological polar surface area (TPSA) is 61.2 Å². The fourth-order valence-electron chi connectivity index (χ4n) is 2.42. The molecule has 1 aromatic carbocycles. The molecule has 1 heterocycles. The van der Waals surface area contributed by atoms with E-state index < -0.39 is 36.3 Å². The highest BCUT2D eigenvalue weighted by atomic mass is 19.4. The summed E-state index contributed by atoms with van der Waals surface area (Å²) in [6.07, 6.45) is -4.90. The summed E-state index contributed by atoms with van der Waals surface area (Å²) in [5.41, 5.74) is 0.261. The van der Waals surface area contributed by atoms with Crippen molar-refractivity contribution >= 4 is 17.0 Å². The maximum Gasteiger partial charge on any atom is 0.425 e. The van der Waals surface area contributed by atoms with Crippen LogP contribution in [0.5, 0.6) is 0 Å². The quantitative estimate of drug-likeness (QED) is 0.809. The molecule has 0 radical (unpaired) electrons. The Kier molecular flexibility index (Phi) is 3.83. The number of fused-ring (bicyclic) bond motifs is 1. The van der Waals surface area contributed by atoms with Gasteiger partial charge >= 0.3 is 12.1 Å². The molecule has 1 unspecified atom stereocenters. The van der Waals surface area contributed by atoms with E-state index in [4.69, 9.17) is 0 Å². The van der Waals surface area contributed by atoms with Crippen molar-refractivity contribution in [1.82, 2.24) is 9.55 Å². The van der Waals surface area contributed by atoms with Crippen molar-refractivity contribution in [2.45, 2.75) is 31.7 Å². The van der Waals surface area contributed by atoms with Crippen molar-refractivity contribution in [3.63, 3.8) is 0 Å². The number of alkyl halides is 3. The van der Waals surface area contributed by atoms with Gasteiger partial charge < -0.3 is 4.74 Å². The SMILES string of the molecule is O=C(Cn1c(=O)cnc2ccccc21)OC(C1CC1)C(F)(F)F. The summed E-state index contributed by atoms with van der Waals surface area (Å²) in [6, 6.07) is 6.56. The molecule has 0 N–H and O–H groups in total. The normalized spacial score (nSPS) is 16.3. The Balaban J connectivity index is 1.83. The summed E-state index contributed by atoms with van der Waals surface area (Å²) in [5, 5.41) is 0. The molecule has 1 aromatic heterocycles. The van der Waals surface area contributed by atoms with Gasteiger partial charge in [0, 0.05) is 5.92 Å². The van der Waals surface area contributed by atoms with Crippen molar-refractivity contribution in [1.29, 1.82) is 0 Å². The van der Waals surface area contributed by atoms with Gasteiger partial charge in [-0.2, -0.15) is 13.2 Å². The van der Waals surface area contributed by atoms with E-state index >= 15 is 0 Å². The van der Waals surface area contributed by atoms with Crippen LogP contribution in [0.3, 0.4) is 0 Å². The second kappa shape index (κ2) is 5.68. The summed E-state index contributed by atoms with van der Waals surface area (Å²) in [5.74, 6) is -1.76. The lowest BCUT2D eigenvalue weighted by molar-refractivity contribution is -0.226. The Labute approximate surface area is 128 Å². The van der Waals surface area contributed by atoms with Gasteiger partial charge in [-0.1, -0.05) is 12.1 Å². The van der Waals surface area contributed by atoms with Crippen molar-refractivity contribution < 1.29 is 22.7 Å². The minimum absolute atomic E-state index is 0.368. The van der Waals surface area contributed by atoms with Crippen LogP contribution >= 0.6 is 0 Å². The second-order valence-electron chi connectivity index (χ2n) is 5.46. The molecular weight excluding hydrogens is 313 g/mol. The predicted molar refractivity (Wildman–Crippen MR) is 74.7 cm³/mol. The maximum absolute atomic E-state index is 12.9. The molecule has 23 heavy (non-hydrogen) atoms. The Bertz CT molecular complexity index is 796. The van der Waals surface area contributed by atoms with Crippen LogP contribution in [0.1, 0.15) is 12.8 Å². The molecular formula is C15H13F3N2O3. The van der Waals surface area contributed by atoms with E-state index in [1.165, 1.54) is 0 Å². The standard InChI is InChI=1S/C15H13F3N2O3/c16-15(17,18)14(9-5-6-9)23-13(22)8-20-11-4-2-1-3-10(11)19-7-12(20)21/h1-4,7,9,14H,5-6,8H2. The summed E-state index contributed by atoms with van der Waals surface area (Å²) in [4.78, 5) is 27.7. The van der Waals surface area contributed by atoms with Gasteiger partial charge in [0.15, 0.2) is 6.10 Å². The van der Waals surface area contributed by atoms with Crippen LogP contribution < -0.4 is 5.56 Å². The molecule has 122 valence electrons. The summed E-state index contributed by atoms with van der Waals surface area (Å²) in [7, 11) is 0. The monoisotopic (exact) mass is 326 g/mol. The summed E-state index contributed by atoms with van der Waals surface area (Å²) in [6.45, 7) is -0.582. The Morgan fingerprint density at radius 1 is 1.35 bits per heavy atom. The zero-order chi connectivity index (χ0) is 16.6. The molecule has 0 aliphatic heterocycles. The molecule has 1 fully saturated rings. The highest BCUT2D eigenvalue weighted by Crippen LogP contribution is 2.42. The highest BCUT2D eigenvalue weighted by molar-refractivity contribution is 5.77. The van der Waals surface area contributed by atoms with E-state index in [0.29, 0.717) is 23.9 Å². The smallest absolute Gasteiger partial charge is 0.425 e. The average Bonchev–Trinajstić information content (AvgIpc) is 3.31. The third-order valence-corrected chi connectivity index (χ3v) is 3.67. The van der Waals surface area contributed by atoms with Crippen LogP contribution in [0.25, 0.3) is 11.0 Å². The first kappa shape index (κ1) is 15.5. The number of hydrogen-bond donors (Lipinski definition) is 0. The lowest BCUT2D eigenvalue weighted by Crippen LogP contribution is -2.37. The largest absolute Gasteiger partial charge is 0.451 e. The van der Waals surface area contributed by atoms with Crippen LogP contribution in [-0.2, 0) is 16.1 Å². The molecule has 0 spiro atoms. The van der Waals surface area contributed by atoms with E-state index in [1.54, 1.807) is 24.3 Å². The lowest BCUT2D eigenvalue weighted by atomic mass is 10.2. The zero-order valence-electron chi connectivity index (χ0n) is 11.9. The van der Waals surface area contributed by atoms with Gasteiger partial charge in [-0.15, -0.1) is 0 Å². The molecule has 1 aliphatic rings. The molecule has 1 saturated carbocycles. The highest BCUT2D eigenvalue weighted by Gasteiger charge is 2.51. The van der Waals surface area contributed by atoms with Crippen molar-refractivity contribution in [2.75, 3.05) is 0 Å². The van der Waals surface area contributed by atoms with Crippen molar-refractivity contribution in [3.05, 3.63) is 40.8 Å². The minimum atomic E-state index is -4.60. The number of halogens is 3. The van der Waals surface area contributed by atoms with Crippen LogP contribution in [0.2, 0.25) is 0 Å². The van der Waals surface area contributed by atoms with Crippen LogP contribution in [0.4, 0.5) is 13.2 Å². The maximum atomic E-state index is 12.9. The predicted octanol–water partition coefficient (Wildman–Crippen LogP) is 2.28. The van der Waals surface area contributed by atoms with Gasteiger partial charge in [0.05, 0.1) is 17.2 Å². The van der Waals surface area contributed by atoms with E-state index in [0.717, 1.165) is 10.8 Å². The Morgan fingerprint density at radius 2 is 2.04 bits per heavy atom. The lowest BCUT2D eigenvalue weighted by Gasteiger charge is -2.20. The van der Waals surface area contributed by atoms with Crippen molar-refractivity contribution in [3.8, 4) is 0 Å². The molecule has 3 rings (SSSR count). The second-order valence-corrected chi connectivity index (χ2v) is 5.46. The van der Waals surface area contributed by atoms with Crippen LogP contribution in [0, 0.1) is 5.92 Å². The molecule has 2 aromatic rings. The molecule has 5 nitrogen and oxygen atoms in total. The Morgan fingerprint density at radius 3 is 2.70 bits per heavy atom. The number of ether oxygens (including phenoxy) is 1. The van der Waals surface area contributed by atoms with Gasteiger partial charge in [0.1, 0.15) is 6.54 Å². The minimum Gasteiger partial charge on any atom is -0.451 e. The first-order valence-electron chi connectivity index (χ1n) is 7.07. The molecule has 0 amide bonds. The van der Waals surface area contributed by atoms with Gasteiger partial charge in [0.25, 0.3) is 5.56 Å². The molecule has 8 heteroatoms. The number of benzene rings is 1. The van der Waals surface area contributed by atoms with Crippen molar-refractivity contribution in [2.24, 2.45) is 5.92 Å². The number of hydrogen-bond acceptors (Lipinski definition) is 4. The first-order chi connectivity index (χ1) is 10.9. The third-order valence-electron chi connectivity index (χ3n) is 3.67. The number of carbonyl (C=O) groups is 1. The van der Waals surface area contributed by atoms with Gasteiger partial charge in [0.2, 0.25) is 0 Å². The fourth-order valence-corrected chi connectivity index (χ4v) is 2.42. The van der Waals surface area contributed by atoms with E-state index in [2.05, 4.69) is 9.72 Å². The van der Waals surface area contributed by atoms with E-state index in [-0.39, 0.29) is 0 Å². The summed E-state index contributed by atoms with van der Waals surface area (Å²) >= 11 is 0. The van der Waals surface area contributed by atoms with E-state index in [1.807, 2.05) is 0 Å². The average molecular weight is 326 g/mol. The van der Waals surface area contributed by atoms with E-state index in [9.17, 15) is 22.8 Å². The zero-order valence-corrected chi connectivity index (χ0v) is 11.9. The molecule has 1 atom stereocenters. The number of esters is 1. The molecule has 0 bridgehead atoms. The number of nitrogens with zero attached hydrogens (tertiary/aromatic N) is 2. The van der Waals surface area contributed by atoms with Gasteiger partial charge in [-0.3, -0.25) is 14.2 Å². The number of carbonyl (C=O) groups excluding carboxylic acids is 1. The number of aromatic nitrogens is 2. The summed E-state index contributed by atoms with van der Waals surface area (Å²) < 4.78 is 44.3. The van der Waals surface area contributed by atoms with Gasteiger partial charge in [-0.25, -0.2) is 4.98 Å². The number of para-hydroxylation sites is 2. The Hall–Kier alpha value is -2.38. The third kappa shape index (κ3) is 3.35. The molecule has 1 aliphatic carbocycles. The van der Waals surface area contributed by atoms with Crippen LogP contribution in [-0.4, -0.2) is 27.8 Å². The molecule has 0 saturated heterocycles. The van der Waals surface area contributed by atoms with Gasteiger partial charge in [-0.05, 0) is 25.0 Å². The van der Waals surface area contributed by atoms with Crippen LogP contribution in [0.15, 0.2) is 35.3 Å². The fraction of sp³-hybridized carbons (Fsp3) is 0.400. The number of rotatable bonds is 4.